The number of hydrogen-bond acceptors (Lipinski definition) is 4. The zero-order valence-electron chi connectivity index (χ0n) is 10.8. The lowest BCUT2D eigenvalue weighted by Crippen LogP contribution is -2.17. The summed E-state index contributed by atoms with van der Waals surface area (Å²) in [6, 6.07) is 3.50. The second-order valence-electron chi connectivity index (χ2n) is 5.27. The molecule has 3 nitrogen and oxygen atoms in total. The Morgan fingerprint density at radius 2 is 1.79 bits per heavy atom. The Morgan fingerprint density at radius 3 is 2.32 bits per heavy atom. The molecule has 0 amide bonds. The van der Waals surface area contributed by atoms with Crippen molar-refractivity contribution < 1.29 is 13.9 Å². The van der Waals surface area contributed by atoms with Gasteiger partial charge in [-0.2, -0.15) is 0 Å². The van der Waals surface area contributed by atoms with Gasteiger partial charge in [0.15, 0.2) is 0 Å². The monoisotopic (exact) mass is 284 g/mol. The van der Waals surface area contributed by atoms with Gasteiger partial charge in [0.1, 0.15) is 17.7 Å². The molecular formula is C13H14F2N2OS. The fourth-order valence-electron chi connectivity index (χ4n) is 1.80. The quantitative estimate of drug-likeness (QED) is 0.921. The molecule has 1 aromatic heterocycles. The van der Waals surface area contributed by atoms with Gasteiger partial charge in [-0.1, -0.05) is 31.3 Å². The molecule has 0 aliphatic heterocycles. The Bertz CT molecular complexity index is 572. The van der Waals surface area contributed by atoms with Gasteiger partial charge < -0.3 is 5.11 Å². The molecule has 0 saturated heterocycles. The van der Waals surface area contributed by atoms with E-state index < -0.39 is 17.7 Å². The van der Waals surface area contributed by atoms with E-state index in [-0.39, 0.29) is 11.0 Å². The van der Waals surface area contributed by atoms with Crippen molar-refractivity contribution >= 4 is 11.5 Å². The highest BCUT2D eigenvalue weighted by molar-refractivity contribution is 7.05. The fourth-order valence-corrected chi connectivity index (χ4v) is 2.66. The topological polar surface area (TPSA) is 46.0 Å². The molecule has 0 fully saturated rings. The lowest BCUT2D eigenvalue weighted by atomic mass is 9.89. The van der Waals surface area contributed by atoms with Crippen LogP contribution in [0.15, 0.2) is 18.2 Å². The van der Waals surface area contributed by atoms with E-state index >= 15 is 0 Å². The van der Waals surface area contributed by atoms with Crippen LogP contribution in [-0.2, 0) is 5.41 Å². The van der Waals surface area contributed by atoms with Gasteiger partial charge in [-0.3, -0.25) is 0 Å². The van der Waals surface area contributed by atoms with Gasteiger partial charge >= 0.3 is 0 Å². The predicted molar refractivity (Wildman–Crippen MR) is 69.0 cm³/mol. The van der Waals surface area contributed by atoms with Crippen molar-refractivity contribution in [2.75, 3.05) is 0 Å². The normalized spacial score (nSPS) is 13.6. The molecule has 0 aliphatic rings. The summed E-state index contributed by atoms with van der Waals surface area (Å²) in [7, 11) is 0. The molecule has 6 heteroatoms. The Kier molecular flexibility index (Phi) is 3.64. The second-order valence-corrected chi connectivity index (χ2v) is 6.06. The van der Waals surface area contributed by atoms with Crippen molar-refractivity contribution in [3.8, 4) is 0 Å². The summed E-state index contributed by atoms with van der Waals surface area (Å²) >= 11 is 0.952. The molecule has 0 saturated carbocycles. The smallest absolute Gasteiger partial charge is 0.132 e. The maximum atomic E-state index is 13.7. The molecule has 2 rings (SSSR count). The molecule has 0 aliphatic carbocycles. The average molecular weight is 284 g/mol. The van der Waals surface area contributed by atoms with E-state index in [0.717, 1.165) is 23.7 Å². The first-order valence-electron chi connectivity index (χ1n) is 5.77. The number of nitrogens with zero attached hydrogens (tertiary/aromatic N) is 2. The fraction of sp³-hybridized carbons (Fsp3) is 0.385. The summed E-state index contributed by atoms with van der Waals surface area (Å²) in [5.74, 6) is -1.55. The number of aromatic nitrogens is 2. The van der Waals surface area contributed by atoms with Crippen LogP contribution in [0.3, 0.4) is 0 Å². The van der Waals surface area contributed by atoms with Gasteiger partial charge in [-0.15, -0.1) is 5.10 Å². The molecule has 1 unspecified atom stereocenters. The summed E-state index contributed by atoms with van der Waals surface area (Å²) in [6.45, 7) is 5.70. The third-order valence-corrected chi connectivity index (χ3v) is 3.52. The van der Waals surface area contributed by atoms with Crippen LogP contribution in [0.4, 0.5) is 8.78 Å². The number of aliphatic hydroxyl groups is 1. The van der Waals surface area contributed by atoms with Crippen LogP contribution in [0.2, 0.25) is 0 Å². The first-order chi connectivity index (χ1) is 8.82. The predicted octanol–water partition coefficient (Wildman–Crippen LogP) is 3.20. The molecule has 1 atom stereocenters. The van der Waals surface area contributed by atoms with E-state index in [1.54, 1.807) is 0 Å². The molecule has 102 valence electrons. The standard InChI is InChI=1S/C13H14F2N2OS/c1-13(2,3)12-11(19-17-16-12)10(18)9-7(14)5-4-6-8(9)15/h4-6,10,18H,1-3H3. The summed E-state index contributed by atoms with van der Waals surface area (Å²) in [5, 5.41) is 14.2. The van der Waals surface area contributed by atoms with E-state index in [0.29, 0.717) is 10.6 Å². The second kappa shape index (κ2) is 4.94. The SMILES string of the molecule is CC(C)(C)c1nnsc1C(O)c1c(F)cccc1F. The van der Waals surface area contributed by atoms with Crippen LogP contribution in [-0.4, -0.2) is 14.7 Å². The van der Waals surface area contributed by atoms with Gasteiger partial charge in [-0.05, 0) is 23.7 Å². The lowest BCUT2D eigenvalue weighted by Gasteiger charge is -2.19. The minimum Gasteiger partial charge on any atom is -0.382 e. The number of hydrogen-bond donors (Lipinski definition) is 1. The highest BCUT2D eigenvalue weighted by atomic mass is 32.1. The molecule has 1 N–H and O–H groups in total. The molecule has 0 bridgehead atoms. The first-order valence-corrected chi connectivity index (χ1v) is 6.54. The van der Waals surface area contributed by atoms with E-state index in [1.807, 2.05) is 20.8 Å². The lowest BCUT2D eigenvalue weighted by molar-refractivity contribution is 0.210. The Hall–Kier alpha value is -1.40. The third-order valence-electron chi connectivity index (χ3n) is 2.75. The molecule has 0 spiro atoms. The van der Waals surface area contributed by atoms with Crippen LogP contribution in [0, 0.1) is 11.6 Å². The zero-order valence-corrected chi connectivity index (χ0v) is 11.6. The summed E-state index contributed by atoms with van der Waals surface area (Å²) < 4.78 is 31.2. The van der Waals surface area contributed by atoms with Gasteiger partial charge in [0.25, 0.3) is 0 Å². The van der Waals surface area contributed by atoms with Gasteiger partial charge in [-0.25, -0.2) is 8.78 Å². The number of rotatable bonds is 2. The minimum absolute atomic E-state index is 0.356. The largest absolute Gasteiger partial charge is 0.382 e. The first kappa shape index (κ1) is 14.0. The minimum atomic E-state index is -1.39. The van der Waals surface area contributed by atoms with Gasteiger partial charge in [0, 0.05) is 5.41 Å². The maximum absolute atomic E-state index is 13.7. The highest BCUT2D eigenvalue weighted by Gasteiger charge is 2.29. The molecule has 1 heterocycles. The summed E-state index contributed by atoms with van der Waals surface area (Å²) in [4.78, 5) is 0.372. The van der Waals surface area contributed by atoms with Crippen molar-refractivity contribution in [3.63, 3.8) is 0 Å². The van der Waals surface area contributed by atoms with Crippen molar-refractivity contribution in [3.05, 3.63) is 46.0 Å². The zero-order chi connectivity index (χ0) is 14.2. The number of benzene rings is 1. The number of halogens is 2. The Morgan fingerprint density at radius 1 is 1.21 bits per heavy atom. The Balaban J connectivity index is 2.52. The maximum Gasteiger partial charge on any atom is 0.132 e. The van der Waals surface area contributed by atoms with Crippen molar-refractivity contribution in [1.29, 1.82) is 0 Å². The van der Waals surface area contributed by atoms with Crippen LogP contribution >= 0.6 is 11.5 Å². The molecule has 19 heavy (non-hydrogen) atoms. The Labute approximate surface area is 114 Å². The molecular weight excluding hydrogens is 270 g/mol. The van der Waals surface area contributed by atoms with E-state index in [1.165, 1.54) is 6.07 Å². The van der Waals surface area contributed by atoms with E-state index in [9.17, 15) is 13.9 Å². The third kappa shape index (κ3) is 2.64. The molecule has 1 aromatic carbocycles. The van der Waals surface area contributed by atoms with Crippen LogP contribution in [0.5, 0.6) is 0 Å². The summed E-state index contributed by atoms with van der Waals surface area (Å²) in [5.41, 5.74) is -0.169. The van der Waals surface area contributed by atoms with Crippen LogP contribution < -0.4 is 0 Å². The van der Waals surface area contributed by atoms with Gasteiger partial charge in [0.2, 0.25) is 0 Å². The van der Waals surface area contributed by atoms with Crippen LogP contribution in [0.1, 0.15) is 43.0 Å². The summed E-state index contributed by atoms with van der Waals surface area (Å²) in [6.07, 6.45) is -1.39. The van der Waals surface area contributed by atoms with E-state index in [4.69, 9.17) is 0 Å². The molecule has 0 radical (unpaired) electrons. The average Bonchev–Trinajstić information content (AvgIpc) is 2.76. The van der Waals surface area contributed by atoms with E-state index in [2.05, 4.69) is 9.59 Å². The van der Waals surface area contributed by atoms with Crippen molar-refractivity contribution in [2.45, 2.75) is 32.3 Å². The van der Waals surface area contributed by atoms with Crippen LogP contribution in [0.25, 0.3) is 0 Å². The highest BCUT2D eigenvalue weighted by Crippen LogP contribution is 2.35. The number of aliphatic hydroxyl groups excluding tert-OH is 1. The van der Waals surface area contributed by atoms with Crippen molar-refractivity contribution in [2.24, 2.45) is 0 Å². The molecule has 2 aromatic rings. The van der Waals surface area contributed by atoms with Crippen molar-refractivity contribution in [1.82, 2.24) is 9.59 Å². The van der Waals surface area contributed by atoms with Gasteiger partial charge in [0.05, 0.1) is 16.1 Å².